The zero-order valence-corrected chi connectivity index (χ0v) is 12.4. The molecule has 3 rings (SSSR count). The van der Waals surface area contributed by atoms with Gasteiger partial charge in [0, 0.05) is 23.8 Å². The molecule has 0 radical (unpaired) electrons. The van der Waals surface area contributed by atoms with Crippen LogP contribution in [-0.2, 0) is 6.42 Å². The van der Waals surface area contributed by atoms with Crippen LogP contribution in [-0.4, -0.2) is 18.5 Å². The molecule has 2 N–H and O–H groups in total. The number of carbonyl (C=O) groups is 1. The summed E-state index contributed by atoms with van der Waals surface area (Å²) in [4.78, 5) is 12.4. The van der Waals surface area contributed by atoms with E-state index in [1.165, 1.54) is 12.0 Å². The van der Waals surface area contributed by atoms with Crippen LogP contribution in [0, 0.1) is 11.8 Å². The number of hydrogen-bond donors (Lipinski definition) is 2. The second-order valence-corrected chi connectivity index (χ2v) is 6.64. The van der Waals surface area contributed by atoms with Crippen molar-refractivity contribution >= 4 is 11.6 Å². The van der Waals surface area contributed by atoms with E-state index in [0.29, 0.717) is 17.9 Å². The van der Waals surface area contributed by atoms with Crippen LogP contribution in [0.15, 0.2) is 18.2 Å². The second-order valence-electron chi connectivity index (χ2n) is 6.64. The van der Waals surface area contributed by atoms with E-state index in [1.807, 2.05) is 12.1 Å². The molecule has 1 fully saturated rings. The van der Waals surface area contributed by atoms with Gasteiger partial charge in [-0.1, -0.05) is 19.9 Å². The second kappa shape index (κ2) is 5.47. The van der Waals surface area contributed by atoms with Crippen molar-refractivity contribution in [1.29, 1.82) is 0 Å². The van der Waals surface area contributed by atoms with Gasteiger partial charge in [0.1, 0.15) is 0 Å². The molecule has 2 aliphatic rings. The number of anilines is 1. The first-order valence-corrected chi connectivity index (χ1v) is 7.79. The first-order chi connectivity index (χ1) is 9.61. The first-order valence-electron chi connectivity index (χ1n) is 7.79. The monoisotopic (exact) mass is 272 g/mol. The molecule has 0 aromatic heterocycles. The SMILES string of the molecule is CC1CC(C)CC(NC(=O)c2ccc3c(c2)NCC3)C1. The number of rotatable bonds is 2. The molecule has 0 bridgehead atoms. The Hall–Kier alpha value is -1.51. The van der Waals surface area contributed by atoms with Gasteiger partial charge in [0.05, 0.1) is 0 Å². The number of nitrogens with one attached hydrogen (secondary N) is 2. The zero-order valence-electron chi connectivity index (χ0n) is 12.4. The molecule has 1 aromatic carbocycles. The molecule has 1 saturated carbocycles. The van der Waals surface area contributed by atoms with Crippen LogP contribution < -0.4 is 10.6 Å². The van der Waals surface area contributed by atoms with Crippen molar-refractivity contribution in [2.75, 3.05) is 11.9 Å². The van der Waals surface area contributed by atoms with Gasteiger partial charge in [-0.25, -0.2) is 0 Å². The highest BCUT2D eigenvalue weighted by Crippen LogP contribution is 2.29. The molecule has 2 atom stereocenters. The lowest BCUT2D eigenvalue weighted by Gasteiger charge is -2.32. The molecule has 108 valence electrons. The maximum absolute atomic E-state index is 12.4. The van der Waals surface area contributed by atoms with Gasteiger partial charge < -0.3 is 10.6 Å². The number of amides is 1. The molecule has 3 nitrogen and oxygen atoms in total. The van der Waals surface area contributed by atoms with E-state index in [2.05, 4.69) is 30.5 Å². The van der Waals surface area contributed by atoms with Crippen LogP contribution in [0.2, 0.25) is 0 Å². The summed E-state index contributed by atoms with van der Waals surface area (Å²) < 4.78 is 0. The maximum Gasteiger partial charge on any atom is 0.251 e. The van der Waals surface area contributed by atoms with Crippen molar-refractivity contribution in [3.8, 4) is 0 Å². The third kappa shape index (κ3) is 2.82. The zero-order chi connectivity index (χ0) is 14.1. The minimum Gasteiger partial charge on any atom is -0.384 e. The molecule has 1 aliphatic heterocycles. The Morgan fingerprint density at radius 3 is 2.70 bits per heavy atom. The van der Waals surface area contributed by atoms with Crippen LogP contribution in [0.1, 0.15) is 49.0 Å². The van der Waals surface area contributed by atoms with Gasteiger partial charge in [-0.2, -0.15) is 0 Å². The summed E-state index contributed by atoms with van der Waals surface area (Å²) in [5, 5.41) is 6.55. The van der Waals surface area contributed by atoms with E-state index in [-0.39, 0.29) is 5.91 Å². The summed E-state index contributed by atoms with van der Waals surface area (Å²) >= 11 is 0. The van der Waals surface area contributed by atoms with Gasteiger partial charge in [-0.3, -0.25) is 4.79 Å². The highest BCUT2D eigenvalue weighted by Gasteiger charge is 2.25. The van der Waals surface area contributed by atoms with Crippen molar-refractivity contribution in [2.24, 2.45) is 11.8 Å². The minimum absolute atomic E-state index is 0.0767. The molecule has 0 saturated heterocycles. The highest BCUT2D eigenvalue weighted by molar-refractivity contribution is 5.95. The van der Waals surface area contributed by atoms with Crippen molar-refractivity contribution < 1.29 is 4.79 Å². The Morgan fingerprint density at radius 1 is 1.20 bits per heavy atom. The summed E-state index contributed by atoms with van der Waals surface area (Å²) in [5.74, 6) is 1.50. The maximum atomic E-state index is 12.4. The van der Waals surface area contributed by atoms with Crippen LogP contribution in [0.4, 0.5) is 5.69 Å². The number of carbonyl (C=O) groups excluding carboxylic acids is 1. The largest absolute Gasteiger partial charge is 0.384 e. The van der Waals surface area contributed by atoms with Crippen molar-refractivity contribution in [2.45, 2.75) is 45.6 Å². The predicted octanol–water partition coefficient (Wildman–Crippen LogP) is 3.21. The first kappa shape index (κ1) is 13.5. The molecule has 1 aromatic rings. The van der Waals surface area contributed by atoms with Crippen LogP contribution in [0.5, 0.6) is 0 Å². The molecule has 20 heavy (non-hydrogen) atoms. The van der Waals surface area contributed by atoms with E-state index in [9.17, 15) is 4.79 Å². The van der Waals surface area contributed by atoms with Crippen LogP contribution in [0.3, 0.4) is 0 Å². The summed E-state index contributed by atoms with van der Waals surface area (Å²) in [5.41, 5.74) is 3.23. The average molecular weight is 272 g/mol. The fourth-order valence-corrected chi connectivity index (χ4v) is 3.77. The molecule has 1 heterocycles. The Morgan fingerprint density at radius 2 is 1.95 bits per heavy atom. The van der Waals surface area contributed by atoms with Crippen molar-refractivity contribution in [3.63, 3.8) is 0 Å². The van der Waals surface area contributed by atoms with E-state index >= 15 is 0 Å². The Bertz CT molecular complexity index is 502. The normalized spacial score (nSPS) is 28.6. The summed E-state index contributed by atoms with van der Waals surface area (Å²) in [7, 11) is 0. The molecule has 1 aliphatic carbocycles. The van der Waals surface area contributed by atoms with Crippen molar-refractivity contribution in [1.82, 2.24) is 5.32 Å². The molecule has 0 spiro atoms. The molecular formula is C17H24N2O. The van der Waals surface area contributed by atoms with E-state index in [4.69, 9.17) is 0 Å². The topological polar surface area (TPSA) is 41.1 Å². The average Bonchev–Trinajstić information content (AvgIpc) is 2.84. The lowest BCUT2D eigenvalue weighted by Crippen LogP contribution is -2.40. The molecule has 3 heteroatoms. The predicted molar refractivity (Wildman–Crippen MR) is 82.1 cm³/mol. The molecule has 2 unspecified atom stereocenters. The Labute approximate surface area is 121 Å². The standard InChI is InChI=1S/C17H24N2O/c1-11-7-12(2)9-15(8-11)19-17(20)14-4-3-13-5-6-18-16(13)10-14/h3-4,10-12,15,18H,5-9H2,1-2H3,(H,19,20). The summed E-state index contributed by atoms with van der Waals surface area (Å²) in [6, 6.07) is 6.36. The van der Waals surface area contributed by atoms with Gasteiger partial charge in [0.25, 0.3) is 5.91 Å². The van der Waals surface area contributed by atoms with E-state index < -0.39 is 0 Å². The highest BCUT2D eigenvalue weighted by atomic mass is 16.1. The van der Waals surface area contributed by atoms with Gasteiger partial charge in [-0.15, -0.1) is 0 Å². The number of hydrogen-bond acceptors (Lipinski definition) is 2. The Kier molecular flexibility index (Phi) is 3.68. The molecule has 1 amide bonds. The number of benzene rings is 1. The smallest absolute Gasteiger partial charge is 0.251 e. The Balaban J connectivity index is 1.67. The van der Waals surface area contributed by atoms with Crippen molar-refractivity contribution in [3.05, 3.63) is 29.3 Å². The van der Waals surface area contributed by atoms with E-state index in [1.54, 1.807) is 0 Å². The van der Waals surface area contributed by atoms with Crippen LogP contribution >= 0.6 is 0 Å². The third-order valence-electron chi connectivity index (χ3n) is 4.60. The van der Waals surface area contributed by atoms with Gasteiger partial charge >= 0.3 is 0 Å². The van der Waals surface area contributed by atoms with Crippen LogP contribution in [0.25, 0.3) is 0 Å². The number of fused-ring (bicyclic) bond motifs is 1. The quantitative estimate of drug-likeness (QED) is 0.868. The fourth-order valence-electron chi connectivity index (χ4n) is 3.77. The molecular weight excluding hydrogens is 248 g/mol. The van der Waals surface area contributed by atoms with Gasteiger partial charge in [-0.05, 0) is 55.2 Å². The minimum atomic E-state index is 0.0767. The van der Waals surface area contributed by atoms with Gasteiger partial charge in [0.15, 0.2) is 0 Å². The summed E-state index contributed by atoms with van der Waals surface area (Å²) in [6.07, 6.45) is 4.57. The van der Waals surface area contributed by atoms with Gasteiger partial charge in [0.2, 0.25) is 0 Å². The fraction of sp³-hybridized carbons (Fsp3) is 0.588. The van der Waals surface area contributed by atoms with E-state index in [0.717, 1.165) is 37.1 Å². The lowest BCUT2D eigenvalue weighted by atomic mass is 9.80. The third-order valence-corrected chi connectivity index (χ3v) is 4.60. The lowest BCUT2D eigenvalue weighted by molar-refractivity contribution is 0.0911. The summed E-state index contributed by atoms with van der Waals surface area (Å²) in [6.45, 7) is 5.56.